The SMILES string of the molecule is CCn1nnnc1-c1cccc(C(=O)NCCCO)c1. The van der Waals surface area contributed by atoms with Gasteiger partial charge in [-0.3, -0.25) is 4.79 Å². The Morgan fingerprint density at radius 1 is 1.45 bits per heavy atom. The number of rotatable bonds is 6. The van der Waals surface area contributed by atoms with Gasteiger partial charge in [-0.25, -0.2) is 4.68 Å². The maximum atomic E-state index is 11.9. The summed E-state index contributed by atoms with van der Waals surface area (Å²) in [5.74, 6) is 0.466. The van der Waals surface area contributed by atoms with Crippen molar-refractivity contribution in [2.75, 3.05) is 13.2 Å². The third-order valence-corrected chi connectivity index (χ3v) is 2.83. The Morgan fingerprint density at radius 3 is 3.05 bits per heavy atom. The van der Waals surface area contributed by atoms with Crippen molar-refractivity contribution in [1.82, 2.24) is 25.5 Å². The van der Waals surface area contributed by atoms with Crippen LogP contribution in [-0.4, -0.2) is 44.4 Å². The van der Waals surface area contributed by atoms with Crippen LogP contribution in [0.1, 0.15) is 23.7 Å². The Balaban J connectivity index is 2.18. The molecule has 106 valence electrons. The number of aliphatic hydroxyl groups excluding tert-OH is 1. The first kappa shape index (κ1) is 14.1. The van der Waals surface area contributed by atoms with Crippen LogP contribution in [0.3, 0.4) is 0 Å². The standard InChI is InChI=1S/C13H17N5O2/c1-2-18-12(15-16-17-18)10-5-3-6-11(9-10)13(20)14-7-4-8-19/h3,5-6,9,19H,2,4,7-8H2,1H3,(H,14,20). The largest absolute Gasteiger partial charge is 0.396 e. The number of hydrogen-bond acceptors (Lipinski definition) is 5. The van der Waals surface area contributed by atoms with E-state index in [1.165, 1.54) is 0 Å². The van der Waals surface area contributed by atoms with E-state index in [-0.39, 0.29) is 12.5 Å². The topological polar surface area (TPSA) is 92.9 Å². The maximum absolute atomic E-state index is 11.9. The number of nitrogens with zero attached hydrogens (tertiary/aromatic N) is 4. The van der Waals surface area contributed by atoms with Crippen LogP contribution in [0, 0.1) is 0 Å². The van der Waals surface area contributed by atoms with E-state index in [0.717, 1.165) is 5.56 Å². The molecule has 0 aliphatic rings. The van der Waals surface area contributed by atoms with Crippen molar-refractivity contribution in [3.63, 3.8) is 0 Å². The number of aromatic nitrogens is 4. The molecule has 0 saturated carbocycles. The van der Waals surface area contributed by atoms with Gasteiger partial charge in [-0.15, -0.1) is 5.10 Å². The third kappa shape index (κ3) is 3.18. The highest BCUT2D eigenvalue weighted by Gasteiger charge is 2.10. The predicted molar refractivity (Wildman–Crippen MR) is 73.0 cm³/mol. The molecule has 7 heteroatoms. The molecular weight excluding hydrogens is 258 g/mol. The highest BCUT2D eigenvalue weighted by Crippen LogP contribution is 2.17. The summed E-state index contributed by atoms with van der Waals surface area (Å²) >= 11 is 0. The van der Waals surface area contributed by atoms with Gasteiger partial charge in [0.15, 0.2) is 5.82 Å². The molecule has 0 fully saturated rings. The maximum Gasteiger partial charge on any atom is 0.251 e. The van der Waals surface area contributed by atoms with Gasteiger partial charge in [-0.05, 0) is 35.9 Å². The average Bonchev–Trinajstić information content (AvgIpc) is 2.96. The first-order valence-corrected chi connectivity index (χ1v) is 6.52. The van der Waals surface area contributed by atoms with E-state index in [2.05, 4.69) is 20.8 Å². The number of carbonyl (C=O) groups excluding carboxylic acids is 1. The fraction of sp³-hybridized carbons (Fsp3) is 0.385. The van der Waals surface area contributed by atoms with Crippen molar-refractivity contribution in [3.8, 4) is 11.4 Å². The molecule has 1 amide bonds. The molecule has 0 aliphatic heterocycles. The minimum Gasteiger partial charge on any atom is -0.396 e. The van der Waals surface area contributed by atoms with Crippen LogP contribution in [0.5, 0.6) is 0 Å². The van der Waals surface area contributed by atoms with Gasteiger partial charge < -0.3 is 10.4 Å². The summed E-state index contributed by atoms with van der Waals surface area (Å²) in [5, 5.41) is 22.9. The summed E-state index contributed by atoms with van der Waals surface area (Å²) < 4.78 is 1.67. The number of carbonyl (C=O) groups is 1. The normalized spacial score (nSPS) is 10.5. The summed E-state index contributed by atoms with van der Waals surface area (Å²) in [4.78, 5) is 11.9. The minimum atomic E-state index is -0.171. The second-order valence-corrected chi connectivity index (χ2v) is 4.23. The molecule has 2 aromatic rings. The van der Waals surface area contributed by atoms with Gasteiger partial charge in [-0.1, -0.05) is 12.1 Å². The highest BCUT2D eigenvalue weighted by atomic mass is 16.3. The Kier molecular flexibility index (Phi) is 4.78. The fourth-order valence-electron chi connectivity index (χ4n) is 1.81. The summed E-state index contributed by atoms with van der Waals surface area (Å²) in [6, 6.07) is 7.15. The van der Waals surface area contributed by atoms with Crippen LogP contribution < -0.4 is 5.32 Å². The van der Waals surface area contributed by atoms with Crippen LogP contribution in [0.4, 0.5) is 0 Å². The number of nitrogens with one attached hydrogen (secondary N) is 1. The van der Waals surface area contributed by atoms with E-state index in [1.54, 1.807) is 22.9 Å². The lowest BCUT2D eigenvalue weighted by Crippen LogP contribution is -2.25. The van der Waals surface area contributed by atoms with Gasteiger partial charge in [0, 0.05) is 30.8 Å². The van der Waals surface area contributed by atoms with Crippen molar-refractivity contribution in [2.45, 2.75) is 19.9 Å². The zero-order chi connectivity index (χ0) is 14.4. The predicted octanol–water partition coefficient (Wildman–Crippen LogP) is 0.472. The number of amides is 1. The van der Waals surface area contributed by atoms with Gasteiger partial charge in [-0.2, -0.15) is 0 Å². The molecule has 7 nitrogen and oxygen atoms in total. The Morgan fingerprint density at radius 2 is 2.30 bits per heavy atom. The van der Waals surface area contributed by atoms with Crippen molar-refractivity contribution in [3.05, 3.63) is 29.8 Å². The number of aryl methyl sites for hydroxylation is 1. The summed E-state index contributed by atoms with van der Waals surface area (Å²) in [5.41, 5.74) is 1.35. The van der Waals surface area contributed by atoms with E-state index >= 15 is 0 Å². The van der Waals surface area contributed by atoms with Crippen molar-refractivity contribution < 1.29 is 9.90 Å². The van der Waals surface area contributed by atoms with Crippen LogP contribution in [-0.2, 0) is 6.54 Å². The molecule has 0 saturated heterocycles. The molecule has 0 radical (unpaired) electrons. The van der Waals surface area contributed by atoms with E-state index < -0.39 is 0 Å². The molecule has 20 heavy (non-hydrogen) atoms. The molecule has 0 bridgehead atoms. The quantitative estimate of drug-likeness (QED) is 0.748. The number of benzene rings is 1. The van der Waals surface area contributed by atoms with E-state index in [1.807, 2.05) is 13.0 Å². The number of tetrazole rings is 1. The van der Waals surface area contributed by atoms with E-state index in [0.29, 0.717) is 30.9 Å². The Bertz CT molecular complexity index is 582. The molecule has 0 unspecified atom stereocenters. The Hall–Kier alpha value is -2.28. The van der Waals surface area contributed by atoms with Crippen LogP contribution in [0.25, 0.3) is 11.4 Å². The lowest BCUT2D eigenvalue weighted by molar-refractivity contribution is 0.0951. The van der Waals surface area contributed by atoms with Gasteiger partial charge in [0.25, 0.3) is 5.91 Å². The van der Waals surface area contributed by atoms with Gasteiger partial charge in [0.2, 0.25) is 0 Å². The monoisotopic (exact) mass is 275 g/mol. The van der Waals surface area contributed by atoms with E-state index in [4.69, 9.17) is 5.11 Å². The molecule has 0 aliphatic carbocycles. The second kappa shape index (κ2) is 6.76. The molecule has 2 rings (SSSR count). The zero-order valence-electron chi connectivity index (χ0n) is 11.3. The van der Waals surface area contributed by atoms with Gasteiger partial charge in [0.1, 0.15) is 0 Å². The minimum absolute atomic E-state index is 0.0611. The zero-order valence-corrected chi connectivity index (χ0v) is 11.3. The first-order valence-electron chi connectivity index (χ1n) is 6.52. The van der Waals surface area contributed by atoms with Crippen molar-refractivity contribution in [2.24, 2.45) is 0 Å². The molecule has 0 spiro atoms. The smallest absolute Gasteiger partial charge is 0.251 e. The lowest BCUT2D eigenvalue weighted by Gasteiger charge is -2.06. The molecule has 0 atom stereocenters. The van der Waals surface area contributed by atoms with Crippen LogP contribution in [0.15, 0.2) is 24.3 Å². The number of hydrogen-bond donors (Lipinski definition) is 2. The molecular formula is C13H17N5O2. The highest BCUT2D eigenvalue weighted by molar-refractivity contribution is 5.95. The van der Waals surface area contributed by atoms with Crippen molar-refractivity contribution in [1.29, 1.82) is 0 Å². The summed E-state index contributed by atoms with van der Waals surface area (Å²) in [6.07, 6.45) is 0.541. The third-order valence-electron chi connectivity index (χ3n) is 2.83. The van der Waals surface area contributed by atoms with Crippen LogP contribution >= 0.6 is 0 Å². The molecule has 1 heterocycles. The molecule has 2 N–H and O–H groups in total. The lowest BCUT2D eigenvalue weighted by atomic mass is 10.1. The average molecular weight is 275 g/mol. The first-order chi connectivity index (χ1) is 9.76. The second-order valence-electron chi connectivity index (χ2n) is 4.23. The molecule has 1 aromatic heterocycles. The Labute approximate surface area is 116 Å². The summed E-state index contributed by atoms with van der Waals surface area (Å²) in [7, 11) is 0. The molecule has 1 aromatic carbocycles. The van der Waals surface area contributed by atoms with E-state index in [9.17, 15) is 4.79 Å². The fourth-order valence-corrected chi connectivity index (χ4v) is 1.81. The summed E-state index contributed by atoms with van der Waals surface area (Å²) in [6.45, 7) is 3.12. The van der Waals surface area contributed by atoms with Crippen molar-refractivity contribution >= 4 is 5.91 Å². The van der Waals surface area contributed by atoms with Gasteiger partial charge in [0.05, 0.1) is 0 Å². The number of aliphatic hydroxyl groups is 1. The van der Waals surface area contributed by atoms with Gasteiger partial charge >= 0.3 is 0 Å². The van der Waals surface area contributed by atoms with Crippen LogP contribution in [0.2, 0.25) is 0 Å².